The molecule has 194 valence electrons. The van der Waals surface area contributed by atoms with Crippen molar-refractivity contribution in [3.05, 3.63) is 108 Å². The van der Waals surface area contributed by atoms with Gasteiger partial charge in [0.2, 0.25) is 5.75 Å². The van der Waals surface area contributed by atoms with E-state index in [1.165, 1.54) is 11.1 Å². The van der Waals surface area contributed by atoms with E-state index in [9.17, 15) is 0 Å². The quantitative estimate of drug-likeness (QED) is 0.221. The van der Waals surface area contributed by atoms with Gasteiger partial charge in [-0.1, -0.05) is 74.0 Å². The molecule has 1 aromatic heterocycles. The van der Waals surface area contributed by atoms with Crippen LogP contribution in [0.2, 0.25) is 0 Å². The first kappa shape index (κ1) is 26.3. The van der Waals surface area contributed by atoms with E-state index in [-0.39, 0.29) is 0 Å². The van der Waals surface area contributed by atoms with E-state index in [2.05, 4.69) is 94.2 Å². The normalized spacial score (nSPS) is 11.5. The minimum atomic E-state index is -0.466. The van der Waals surface area contributed by atoms with Gasteiger partial charge >= 0.3 is 0 Å². The SMILES string of the molecule is CCCCN(Cn1ccnc1)C(Cc1cc(OC)c(OC)c(OC)c1)(c1ccccc1)c1ccccc1. The Morgan fingerprint density at radius 3 is 1.89 bits per heavy atom. The number of methoxy groups -OCH3 is 3. The molecule has 0 saturated carbocycles. The second-order valence-corrected chi connectivity index (χ2v) is 9.14. The van der Waals surface area contributed by atoms with E-state index in [4.69, 9.17) is 14.2 Å². The zero-order chi connectivity index (χ0) is 26.1. The summed E-state index contributed by atoms with van der Waals surface area (Å²) in [5, 5.41) is 0. The van der Waals surface area contributed by atoms with Crippen LogP contribution in [0.3, 0.4) is 0 Å². The summed E-state index contributed by atoms with van der Waals surface area (Å²) < 4.78 is 19.2. The Labute approximate surface area is 220 Å². The molecule has 0 bridgehead atoms. The molecule has 0 radical (unpaired) electrons. The second kappa shape index (κ2) is 12.5. The van der Waals surface area contributed by atoms with Crippen LogP contribution >= 0.6 is 0 Å². The average molecular weight is 500 g/mol. The van der Waals surface area contributed by atoms with Crippen molar-refractivity contribution in [3.8, 4) is 17.2 Å². The third-order valence-electron chi connectivity index (χ3n) is 6.90. The summed E-state index contributed by atoms with van der Waals surface area (Å²) in [5.41, 5.74) is 3.08. The summed E-state index contributed by atoms with van der Waals surface area (Å²) in [6, 6.07) is 25.7. The molecule has 37 heavy (non-hydrogen) atoms. The lowest BCUT2D eigenvalue weighted by Crippen LogP contribution is -2.49. The average Bonchev–Trinajstić information content (AvgIpc) is 3.47. The van der Waals surface area contributed by atoms with Crippen molar-refractivity contribution in [1.29, 1.82) is 0 Å². The highest BCUT2D eigenvalue weighted by molar-refractivity contribution is 5.55. The topological polar surface area (TPSA) is 48.8 Å². The largest absolute Gasteiger partial charge is 0.493 e. The smallest absolute Gasteiger partial charge is 0.203 e. The summed E-state index contributed by atoms with van der Waals surface area (Å²) in [6.45, 7) is 3.86. The van der Waals surface area contributed by atoms with Crippen molar-refractivity contribution in [3.63, 3.8) is 0 Å². The molecule has 4 rings (SSSR count). The number of nitrogens with zero attached hydrogens (tertiary/aromatic N) is 3. The third-order valence-corrected chi connectivity index (χ3v) is 6.90. The Hall–Kier alpha value is -3.77. The van der Waals surface area contributed by atoms with Gasteiger partial charge in [-0.2, -0.15) is 0 Å². The zero-order valence-electron chi connectivity index (χ0n) is 22.3. The van der Waals surface area contributed by atoms with Gasteiger partial charge in [0.05, 0.1) is 39.9 Å². The molecule has 1 heterocycles. The predicted octanol–water partition coefficient (Wildman–Crippen LogP) is 6.16. The molecule has 0 saturated heterocycles. The summed E-state index contributed by atoms with van der Waals surface area (Å²) in [6.07, 6.45) is 8.63. The van der Waals surface area contributed by atoms with Crippen LogP contribution < -0.4 is 14.2 Å². The Balaban J connectivity index is 1.96. The fourth-order valence-electron chi connectivity index (χ4n) is 5.11. The van der Waals surface area contributed by atoms with Gasteiger partial charge in [-0.25, -0.2) is 4.98 Å². The van der Waals surface area contributed by atoms with Crippen molar-refractivity contribution >= 4 is 0 Å². The number of unbranched alkanes of at least 4 members (excludes halogenated alkanes) is 1. The molecular weight excluding hydrogens is 462 g/mol. The van der Waals surface area contributed by atoms with Crippen molar-refractivity contribution in [2.24, 2.45) is 0 Å². The van der Waals surface area contributed by atoms with E-state index in [1.807, 2.05) is 18.7 Å². The second-order valence-electron chi connectivity index (χ2n) is 9.14. The van der Waals surface area contributed by atoms with E-state index >= 15 is 0 Å². The lowest BCUT2D eigenvalue weighted by molar-refractivity contribution is 0.0813. The predicted molar refractivity (Wildman–Crippen MR) is 147 cm³/mol. The van der Waals surface area contributed by atoms with Crippen LogP contribution in [0.4, 0.5) is 0 Å². The summed E-state index contributed by atoms with van der Waals surface area (Å²) in [7, 11) is 4.96. The Morgan fingerprint density at radius 2 is 1.43 bits per heavy atom. The van der Waals surface area contributed by atoms with Gasteiger partial charge in [0.25, 0.3) is 0 Å². The summed E-state index contributed by atoms with van der Waals surface area (Å²) in [4.78, 5) is 6.90. The molecule has 0 aliphatic heterocycles. The van der Waals surface area contributed by atoms with Crippen LogP contribution in [-0.2, 0) is 18.6 Å². The lowest BCUT2D eigenvalue weighted by Gasteiger charge is -2.46. The monoisotopic (exact) mass is 499 g/mol. The molecule has 6 nitrogen and oxygen atoms in total. The number of hydrogen-bond donors (Lipinski definition) is 0. The first-order valence-electron chi connectivity index (χ1n) is 12.8. The minimum absolute atomic E-state index is 0.466. The molecular formula is C31H37N3O3. The highest BCUT2D eigenvalue weighted by atomic mass is 16.5. The van der Waals surface area contributed by atoms with Crippen LogP contribution in [0.1, 0.15) is 36.5 Å². The number of benzene rings is 3. The van der Waals surface area contributed by atoms with Gasteiger partial charge in [-0.15, -0.1) is 0 Å². The number of ether oxygens (including phenoxy) is 3. The molecule has 6 heteroatoms. The van der Waals surface area contributed by atoms with E-state index in [0.717, 1.165) is 24.9 Å². The highest BCUT2D eigenvalue weighted by Gasteiger charge is 2.40. The number of imidazole rings is 1. The Morgan fingerprint density at radius 1 is 0.838 bits per heavy atom. The fourth-order valence-corrected chi connectivity index (χ4v) is 5.11. The van der Waals surface area contributed by atoms with E-state index < -0.39 is 5.54 Å². The van der Waals surface area contributed by atoms with Gasteiger partial charge in [-0.05, 0) is 41.7 Å². The third kappa shape index (κ3) is 5.65. The maximum atomic E-state index is 5.72. The van der Waals surface area contributed by atoms with Crippen LogP contribution in [0.15, 0.2) is 91.5 Å². The molecule has 0 N–H and O–H groups in total. The van der Waals surface area contributed by atoms with Gasteiger partial charge in [0, 0.05) is 18.9 Å². The molecule has 0 spiro atoms. The van der Waals surface area contributed by atoms with Gasteiger partial charge in [-0.3, -0.25) is 4.90 Å². The van der Waals surface area contributed by atoms with Crippen molar-refractivity contribution in [2.45, 2.75) is 38.4 Å². The van der Waals surface area contributed by atoms with Gasteiger partial charge < -0.3 is 18.8 Å². The highest BCUT2D eigenvalue weighted by Crippen LogP contribution is 2.44. The fraction of sp³-hybridized carbons (Fsp3) is 0.323. The molecule has 0 aliphatic rings. The van der Waals surface area contributed by atoms with Crippen molar-refractivity contribution in [2.75, 3.05) is 27.9 Å². The Kier molecular flexibility index (Phi) is 8.86. The van der Waals surface area contributed by atoms with Crippen LogP contribution in [0, 0.1) is 0 Å². The first-order valence-corrected chi connectivity index (χ1v) is 12.8. The van der Waals surface area contributed by atoms with Crippen molar-refractivity contribution < 1.29 is 14.2 Å². The molecule has 0 atom stereocenters. The summed E-state index contributed by atoms with van der Waals surface area (Å²) >= 11 is 0. The maximum absolute atomic E-state index is 5.72. The maximum Gasteiger partial charge on any atom is 0.203 e. The molecule has 0 fully saturated rings. The lowest BCUT2D eigenvalue weighted by atomic mass is 9.76. The zero-order valence-corrected chi connectivity index (χ0v) is 22.3. The molecule has 0 amide bonds. The standard InChI is InChI=1S/C31H37N3O3/c1-5-6-18-34(24-33-19-17-32-23-33)31(26-13-9-7-10-14-26,27-15-11-8-12-16-27)22-25-20-28(35-2)30(37-4)29(21-25)36-3/h7-17,19-21,23H,5-6,18,22,24H2,1-4H3. The van der Waals surface area contributed by atoms with Crippen LogP contribution in [0.5, 0.6) is 17.2 Å². The molecule has 4 aromatic rings. The first-order chi connectivity index (χ1) is 18.2. The Bertz CT molecular complexity index is 1160. The van der Waals surface area contributed by atoms with E-state index in [0.29, 0.717) is 30.3 Å². The van der Waals surface area contributed by atoms with Crippen LogP contribution in [0.25, 0.3) is 0 Å². The molecule has 0 aliphatic carbocycles. The molecule has 3 aromatic carbocycles. The van der Waals surface area contributed by atoms with Gasteiger partial charge in [0.15, 0.2) is 11.5 Å². The van der Waals surface area contributed by atoms with Crippen molar-refractivity contribution in [1.82, 2.24) is 14.5 Å². The number of rotatable bonds is 13. The number of hydrogen-bond acceptors (Lipinski definition) is 5. The van der Waals surface area contributed by atoms with Gasteiger partial charge in [0.1, 0.15) is 0 Å². The molecule has 0 unspecified atom stereocenters. The van der Waals surface area contributed by atoms with Crippen LogP contribution in [-0.4, -0.2) is 42.3 Å². The summed E-state index contributed by atoms with van der Waals surface area (Å²) in [5.74, 6) is 1.91. The number of aromatic nitrogens is 2. The minimum Gasteiger partial charge on any atom is -0.493 e. The van der Waals surface area contributed by atoms with E-state index in [1.54, 1.807) is 21.3 Å².